The molecule has 0 amide bonds. The van der Waals surface area contributed by atoms with E-state index in [9.17, 15) is 5.11 Å². The highest BCUT2D eigenvalue weighted by Gasteiger charge is 2.23. The van der Waals surface area contributed by atoms with Crippen molar-refractivity contribution in [3.05, 3.63) is 54.6 Å². The van der Waals surface area contributed by atoms with Crippen LogP contribution in [0, 0.1) is 0 Å². The first-order valence-corrected chi connectivity index (χ1v) is 5.89. The van der Waals surface area contributed by atoms with Gasteiger partial charge in [-0.15, -0.1) is 5.14 Å². The third-order valence-electron chi connectivity index (χ3n) is 2.10. The number of phenolic OH excluding ortho intramolecular Hbond substituents is 1. The summed E-state index contributed by atoms with van der Waals surface area (Å²) in [5.41, 5.74) is 0. The number of aromatic hydroxyl groups is 1. The summed E-state index contributed by atoms with van der Waals surface area (Å²) in [5.74, 6) is 0.257. The highest BCUT2D eigenvalue weighted by Crippen LogP contribution is 2.26. The standard InChI is InChI=1S/C12H11NOS/c13-15(10-6-2-1-3-7-10)12-9-5-4-8-11(12)14/h1-9H,13H2/p+1. The number of rotatable bonds is 2. The molecule has 0 spiro atoms. The number of hydrogen-bond donors (Lipinski definition) is 2. The van der Waals surface area contributed by atoms with Crippen LogP contribution in [-0.2, 0) is 11.1 Å². The molecule has 0 aliphatic heterocycles. The monoisotopic (exact) mass is 218 g/mol. The number of phenols is 1. The van der Waals surface area contributed by atoms with E-state index >= 15 is 0 Å². The third kappa shape index (κ3) is 2.14. The molecule has 0 aliphatic rings. The van der Waals surface area contributed by atoms with Crippen molar-refractivity contribution in [3.8, 4) is 5.75 Å². The fourth-order valence-corrected chi connectivity index (χ4v) is 2.56. The van der Waals surface area contributed by atoms with Gasteiger partial charge in [0.25, 0.3) is 0 Å². The Balaban J connectivity index is 2.37. The first kappa shape index (κ1) is 10.1. The maximum Gasteiger partial charge on any atom is 0.223 e. The molecular weight excluding hydrogens is 206 g/mol. The maximum atomic E-state index is 9.67. The second-order valence-corrected chi connectivity index (χ2v) is 4.71. The fourth-order valence-electron chi connectivity index (χ4n) is 1.34. The average Bonchev–Trinajstić information content (AvgIpc) is 2.30. The normalized spacial score (nSPS) is 12.3. The first-order chi connectivity index (χ1) is 7.29. The second kappa shape index (κ2) is 4.38. The van der Waals surface area contributed by atoms with Gasteiger partial charge in [-0.3, -0.25) is 0 Å². The number of para-hydroxylation sites is 1. The first-order valence-electron chi connectivity index (χ1n) is 4.61. The van der Waals surface area contributed by atoms with Crippen molar-refractivity contribution >= 4 is 11.1 Å². The van der Waals surface area contributed by atoms with Crippen LogP contribution < -0.4 is 5.14 Å². The van der Waals surface area contributed by atoms with Crippen LogP contribution in [0.1, 0.15) is 0 Å². The number of hydrogen-bond acceptors (Lipinski definition) is 2. The van der Waals surface area contributed by atoms with Gasteiger partial charge in [0.15, 0.2) is 21.7 Å². The molecule has 0 saturated carbocycles. The van der Waals surface area contributed by atoms with E-state index in [0.29, 0.717) is 0 Å². The van der Waals surface area contributed by atoms with E-state index in [1.54, 1.807) is 12.1 Å². The Labute approximate surface area is 91.8 Å². The summed E-state index contributed by atoms with van der Waals surface area (Å²) in [6.45, 7) is 0. The minimum atomic E-state index is -0.558. The summed E-state index contributed by atoms with van der Waals surface area (Å²) in [7, 11) is 0. The molecule has 1 atom stereocenters. The van der Waals surface area contributed by atoms with Gasteiger partial charge >= 0.3 is 0 Å². The molecule has 0 fully saturated rings. The van der Waals surface area contributed by atoms with Crippen LogP contribution in [0.5, 0.6) is 5.75 Å². The molecule has 3 N–H and O–H groups in total. The van der Waals surface area contributed by atoms with Gasteiger partial charge in [-0.1, -0.05) is 30.3 Å². The van der Waals surface area contributed by atoms with Crippen LogP contribution >= 0.6 is 0 Å². The van der Waals surface area contributed by atoms with E-state index in [4.69, 9.17) is 5.14 Å². The topological polar surface area (TPSA) is 46.2 Å². The molecule has 3 heteroatoms. The molecule has 15 heavy (non-hydrogen) atoms. The number of benzene rings is 2. The summed E-state index contributed by atoms with van der Waals surface area (Å²) in [6.07, 6.45) is 0. The average molecular weight is 218 g/mol. The van der Waals surface area contributed by atoms with Crippen molar-refractivity contribution in [3.63, 3.8) is 0 Å². The molecule has 0 saturated heterocycles. The van der Waals surface area contributed by atoms with Crippen molar-refractivity contribution in [2.75, 3.05) is 0 Å². The van der Waals surface area contributed by atoms with Gasteiger partial charge in [0.05, 0.1) is 0 Å². The van der Waals surface area contributed by atoms with Gasteiger partial charge in [-0.25, -0.2) is 0 Å². The molecule has 0 aromatic heterocycles. The quantitative estimate of drug-likeness (QED) is 0.760. The Morgan fingerprint density at radius 1 is 0.867 bits per heavy atom. The van der Waals surface area contributed by atoms with E-state index in [-0.39, 0.29) is 5.75 Å². The van der Waals surface area contributed by atoms with Crippen molar-refractivity contribution in [2.45, 2.75) is 9.79 Å². The van der Waals surface area contributed by atoms with Gasteiger partial charge in [0.1, 0.15) is 0 Å². The molecule has 0 radical (unpaired) electrons. The summed E-state index contributed by atoms with van der Waals surface area (Å²) < 4.78 is 0. The smallest absolute Gasteiger partial charge is 0.223 e. The second-order valence-electron chi connectivity index (χ2n) is 3.12. The lowest BCUT2D eigenvalue weighted by Crippen LogP contribution is -2.14. The zero-order valence-electron chi connectivity index (χ0n) is 8.13. The Kier molecular flexibility index (Phi) is 2.94. The fraction of sp³-hybridized carbons (Fsp3) is 0. The lowest BCUT2D eigenvalue weighted by Gasteiger charge is -2.02. The minimum absolute atomic E-state index is 0.257. The molecule has 0 bridgehead atoms. The van der Waals surface area contributed by atoms with Crippen LogP contribution in [0.25, 0.3) is 0 Å². The van der Waals surface area contributed by atoms with Crippen LogP contribution in [0.4, 0.5) is 0 Å². The predicted octanol–water partition coefficient (Wildman–Crippen LogP) is 2.30. The molecule has 1 unspecified atom stereocenters. The summed E-state index contributed by atoms with van der Waals surface area (Å²) in [6, 6.07) is 17.0. The molecule has 2 rings (SSSR count). The van der Waals surface area contributed by atoms with Crippen molar-refractivity contribution in [1.82, 2.24) is 0 Å². The lowest BCUT2D eigenvalue weighted by atomic mass is 10.3. The lowest BCUT2D eigenvalue weighted by molar-refractivity contribution is 0.462. The van der Waals surface area contributed by atoms with Crippen molar-refractivity contribution in [2.24, 2.45) is 5.14 Å². The van der Waals surface area contributed by atoms with Gasteiger partial charge in [-0.05, 0) is 24.3 Å². The molecule has 2 nitrogen and oxygen atoms in total. The van der Waals surface area contributed by atoms with Crippen LogP contribution in [0.15, 0.2) is 64.4 Å². The zero-order valence-corrected chi connectivity index (χ0v) is 8.95. The molecular formula is C12H12NOS+. The van der Waals surface area contributed by atoms with Crippen LogP contribution in [0.3, 0.4) is 0 Å². The van der Waals surface area contributed by atoms with Crippen molar-refractivity contribution in [1.29, 1.82) is 0 Å². The molecule has 0 aliphatic carbocycles. The van der Waals surface area contributed by atoms with E-state index in [1.807, 2.05) is 42.5 Å². The molecule has 2 aromatic carbocycles. The maximum absolute atomic E-state index is 9.67. The van der Waals surface area contributed by atoms with E-state index in [2.05, 4.69) is 0 Å². The molecule has 76 valence electrons. The summed E-state index contributed by atoms with van der Waals surface area (Å²) in [5, 5.41) is 15.8. The summed E-state index contributed by atoms with van der Waals surface area (Å²) >= 11 is -0.558. The molecule has 0 heterocycles. The largest absolute Gasteiger partial charge is 0.503 e. The van der Waals surface area contributed by atoms with Gasteiger partial charge in [0.2, 0.25) is 4.90 Å². The minimum Gasteiger partial charge on any atom is -0.503 e. The van der Waals surface area contributed by atoms with E-state index < -0.39 is 11.1 Å². The highest BCUT2D eigenvalue weighted by atomic mass is 32.2. The van der Waals surface area contributed by atoms with Crippen molar-refractivity contribution < 1.29 is 5.11 Å². The van der Waals surface area contributed by atoms with E-state index in [0.717, 1.165) is 9.79 Å². The highest BCUT2D eigenvalue weighted by molar-refractivity contribution is 7.95. The Morgan fingerprint density at radius 3 is 2.13 bits per heavy atom. The van der Waals surface area contributed by atoms with E-state index in [1.165, 1.54) is 0 Å². The Hall–Kier alpha value is -1.45. The van der Waals surface area contributed by atoms with Crippen LogP contribution in [-0.4, -0.2) is 5.11 Å². The predicted molar refractivity (Wildman–Crippen MR) is 62.6 cm³/mol. The van der Waals surface area contributed by atoms with Gasteiger partial charge < -0.3 is 5.11 Å². The van der Waals surface area contributed by atoms with Crippen LogP contribution in [0.2, 0.25) is 0 Å². The third-order valence-corrected chi connectivity index (χ3v) is 3.70. The Morgan fingerprint density at radius 2 is 1.47 bits per heavy atom. The molecule has 2 aromatic rings. The number of nitrogens with two attached hydrogens (primary N) is 1. The van der Waals surface area contributed by atoms with Gasteiger partial charge in [-0.2, -0.15) is 0 Å². The zero-order chi connectivity index (χ0) is 10.7. The Bertz CT molecular complexity index is 444. The van der Waals surface area contributed by atoms with Gasteiger partial charge in [0, 0.05) is 0 Å². The summed E-state index contributed by atoms with van der Waals surface area (Å²) in [4.78, 5) is 1.81. The SMILES string of the molecule is N[S+](c1ccccc1)c1ccccc1O.